The summed E-state index contributed by atoms with van der Waals surface area (Å²) in [7, 11) is 0.434. The van der Waals surface area contributed by atoms with Crippen molar-refractivity contribution < 1.29 is 13.2 Å². The highest BCUT2D eigenvalue weighted by atomic mass is 32.2. The topological polar surface area (TPSA) is 69.7 Å². The van der Waals surface area contributed by atoms with Gasteiger partial charge in [0.15, 0.2) is 0 Å². The summed E-state index contributed by atoms with van der Waals surface area (Å²) in [5.74, 6) is -0.240. The van der Waals surface area contributed by atoms with Gasteiger partial charge < -0.3 is 10.2 Å². The molecule has 2 rings (SSSR count). The number of rotatable bonds is 7. The maximum Gasteiger partial charge on any atom is 0.251 e. The molecule has 0 radical (unpaired) electrons. The monoisotopic (exact) mass is 367 g/mol. The molecule has 1 fully saturated rings. The highest BCUT2D eigenvalue weighted by Gasteiger charge is 2.26. The van der Waals surface area contributed by atoms with Gasteiger partial charge in [-0.25, -0.2) is 8.42 Å². The summed E-state index contributed by atoms with van der Waals surface area (Å²) >= 11 is 0. The molecule has 1 atom stereocenters. The Morgan fingerprint density at radius 2 is 1.92 bits per heavy atom. The number of carbonyl (C=O) groups is 1. The quantitative estimate of drug-likeness (QED) is 0.799. The zero-order valence-corrected chi connectivity index (χ0v) is 16.2. The molecule has 1 aliphatic rings. The Labute approximate surface area is 151 Å². The maximum atomic E-state index is 12.8. The number of likely N-dealkylation sites (N-methyl/N-ethyl adjacent to an activating group) is 1. The molecule has 0 unspecified atom stereocenters. The number of benzene rings is 1. The molecule has 1 aromatic carbocycles. The summed E-state index contributed by atoms with van der Waals surface area (Å²) in [6.45, 7) is 3.72. The van der Waals surface area contributed by atoms with Crippen molar-refractivity contribution >= 4 is 15.9 Å². The molecule has 1 aromatic rings. The Balaban J connectivity index is 2.11. The normalized spacial score (nSPS) is 17.4. The minimum absolute atomic E-state index is 0.196. The van der Waals surface area contributed by atoms with E-state index < -0.39 is 10.0 Å². The summed E-state index contributed by atoms with van der Waals surface area (Å²) in [6.07, 6.45) is 3.78. The number of sulfonamides is 1. The van der Waals surface area contributed by atoms with Crippen molar-refractivity contribution in [1.29, 1.82) is 0 Å². The second-order valence-electron chi connectivity index (χ2n) is 6.73. The third-order valence-corrected chi connectivity index (χ3v) is 6.64. The molecule has 0 bridgehead atoms. The number of nitrogens with zero attached hydrogens (tertiary/aromatic N) is 2. The predicted octanol–water partition coefficient (Wildman–Crippen LogP) is 1.93. The smallest absolute Gasteiger partial charge is 0.251 e. The van der Waals surface area contributed by atoms with Gasteiger partial charge in [0, 0.05) is 31.2 Å². The summed E-state index contributed by atoms with van der Waals surface area (Å²) in [6, 6.07) is 6.59. The SMILES string of the molecule is CC[C@@H](CNC(=O)c1cccc(S(=O)(=O)N2CCCCC2)c1)N(C)C. The Hall–Kier alpha value is -1.44. The average Bonchev–Trinajstić information content (AvgIpc) is 2.62. The van der Waals surface area contributed by atoms with Gasteiger partial charge in [-0.3, -0.25) is 4.79 Å². The van der Waals surface area contributed by atoms with E-state index >= 15 is 0 Å². The number of carbonyl (C=O) groups excluding carboxylic acids is 1. The van der Waals surface area contributed by atoms with E-state index in [0.29, 0.717) is 25.2 Å². The number of amides is 1. The molecule has 0 saturated carbocycles. The third kappa shape index (κ3) is 5.03. The van der Waals surface area contributed by atoms with Gasteiger partial charge in [0.2, 0.25) is 10.0 Å². The molecule has 0 aliphatic carbocycles. The number of nitrogens with one attached hydrogen (secondary N) is 1. The Morgan fingerprint density at radius 1 is 1.24 bits per heavy atom. The van der Waals surface area contributed by atoms with Gasteiger partial charge in [0.05, 0.1) is 4.90 Å². The van der Waals surface area contributed by atoms with Crippen molar-refractivity contribution in [3.63, 3.8) is 0 Å². The Bertz CT molecular complexity index is 683. The fraction of sp³-hybridized carbons (Fsp3) is 0.611. The first-order chi connectivity index (χ1) is 11.9. The third-order valence-electron chi connectivity index (χ3n) is 4.75. The van der Waals surface area contributed by atoms with E-state index in [1.54, 1.807) is 18.2 Å². The molecule has 140 valence electrons. The zero-order chi connectivity index (χ0) is 18.4. The minimum Gasteiger partial charge on any atom is -0.350 e. The molecule has 1 saturated heterocycles. The lowest BCUT2D eigenvalue weighted by Gasteiger charge is -2.26. The van der Waals surface area contributed by atoms with Gasteiger partial charge in [-0.15, -0.1) is 0 Å². The van der Waals surface area contributed by atoms with Gasteiger partial charge in [0.1, 0.15) is 0 Å². The van der Waals surface area contributed by atoms with Crippen LogP contribution in [0.15, 0.2) is 29.2 Å². The zero-order valence-electron chi connectivity index (χ0n) is 15.4. The van der Waals surface area contributed by atoms with E-state index in [-0.39, 0.29) is 16.8 Å². The van der Waals surface area contributed by atoms with Crippen molar-refractivity contribution in [2.24, 2.45) is 0 Å². The van der Waals surface area contributed by atoms with E-state index in [4.69, 9.17) is 0 Å². The molecular formula is C18H29N3O3S. The number of piperidine rings is 1. The second-order valence-corrected chi connectivity index (χ2v) is 8.67. The highest BCUT2D eigenvalue weighted by Crippen LogP contribution is 2.21. The first-order valence-corrected chi connectivity index (χ1v) is 10.3. The van der Waals surface area contributed by atoms with Crippen LogP contribution in [0.25, 0.3) is 0 Å². The van der Waals surface area contributed by atoms with E-state index in [0.717, 1.165) is 25.7 Å². The molecular weight excluding hydrogens is 338 g/mol. The van der Waals surface area contributed by atoms with Gasteiger partial charge in [0.25, 0.3) is 5.91 Å². The molecule has 6 nitrogen and oxygen atoms in total. The van der Waals surface area contributed by atoms with Crippen LogP contribution in [0.4, 0.5) is 0 Å². The lowest BCUT2D eigenvalue weighted by molar-refractivity contribution is 0.0941. The van der Waals surface area contributed by atoms with Gasteiger partial charge in [-0.1, -0.05) is 19.4 Å². The van der Waals surface area contributed by atoms with Gasteiger partial charge in [-0.2, -0.15) is 4.31 Å². The van der Waals surface area contributed by atoms with Crippen LogP contribution in [0, 0.1) is 0 Å². The molecule has 1 heterocycles. The van der Waals surface area contributed by atoms with Crippen LogP contribution in [-0.4, -0.2) is 63.3 Å². The van der Waals surface area contributed by atoms with Crippen LogP contribution in [0.5, 0.6) is 0 Å². The summed E-state index contributed by atoms with van der Waals surface area (Å²) < 4.78 is 27.0. The lowest BCUT2D eigenvalue weighted by Crippen LogP contribution is -2.40. The van der Waals surface area contributed by atoms with Crippen LogP contribution < -0.4 is 5.32 Å². The van der Waals surface area contributed by atoms with Crippen molar-refractivity contribution in [3.8, 4) is 0 Å². The van der Waals surface area contributed by atoms with E-state index in [1.807, 2.05) is 14.1 Å². The van der Waals surface area contributed by atoms with Gasteiger partial charge in [-0.05, 0) is 51.6 Å². The molecule has 1 amide bonds. The van der Waals surface area contributed by atoms with Crippen molar-refractivity contribution in [2.45, 2.75) is 43.5 Å². The molecule has 1 N–H and O–H groups in total. The minimum atomic E-state index is -3.52. The largest absolute Gasteiger partial charge is 0.350 e. The summed E-state index contributed by atoms with van der Waals surface area (Å²) in [5.41, 5.74) is 0.381. The highest BCUT2D eigenvalue weighted by molar-refractivity contribution is 7.89. The second kappa shape index (κ2) is 8.78. The summed E-state index contributed by atoms with van der Waals surface area (Å²) in [5, 5.41) is 2.90. The molecule has 0 aromatic heterocycles. The lowest BCUT2D eigenvalue weighted by atomic mass is 10.2. The first kappa shape index (κ1) is 19.9. The molecule has 1 aliphatic heterocycles. The predicted molar refractivity (Wildman–Crippen MR) is 99.2 cm³/mol. The van der Waals surface area contributed by atoms with Crippen LogP contribution in [0.1, 0.15) is 43.0 Å². The average molecular weight is 368 g/mol. The van der Waals surface area contributed by atoms with E-state index in [1.165, 1.54) is 10.4 Å². The van der Waals surface area contributed by atoms with Crippen molar-refractivity contribution in [3.05, 3.63) is 29.8 Å². The molecule has 25 heavy (non-hydrogen) atoms. The summed E-state index contributed by atoms with van der Waals surface area (Å²) in [4.78, 5) is 14.7. The standard InChI is InChI=1S/C18H29N3O3S/c1-4-16(20(2)3)14-19-18(22)15-9-8-10-17(13-15)25(23,24)21-11-6-5-7-12-21/h8-10,13,16H,4-7,11-12,14H2,1-3H3,(H,19,22)/t16-/m0/s1. The van der Waals surface area contributed by atoms with Crippen LogP contribution in [0.3, 0.4) is 0 Å². The number of hydrogen-bond acceptors (Lipinski definition) is 4. The van der Waals surface area contributed by atoms with Crippen LogP contribution in [0.2, 0.25) is 0 Å². The van der Waals surface area contributed by atoms with Crippen molar-refractivity contribution in [1.82, 2.24) is 14.5 Å². The fourth-order valence-electron chi connectivity index (χ4n) is 3.06. The van der Waals surface area contributed by atoms with Gasteiger partial charge >= 0.3 is 0 Å². The van der Waals surface area contributed by atoms with E-state index in [9.17, 15) is 13.2 Å². The van der Waals surface area contributed by atoms with Crippen LogP contribution in [-0.2, 0) is 10.0 Å². The van der Waals surface area contributed by atoms with E-state index in [2.05, 4.69) is 17.1 Å². The van der Waals surface area contributed by atoms with Crippen molar-refractivity contribution in [2.75, 3.05) is 33.7 Å². The molecule has 0 spiro atoms. The Kier molecular flexibility index (Phi) is 6.98. The fourth-order valence-corrected chi connectivity index (χ4v) is 4.62. The van der Waals surface area contributed by atoms with Crippen LogP contribution >= 0.6 is 0 Å². The number of hydrogen-bond donors (Lipinski definition) is 1. The molecule has 7 heteroatoms. The Morgan fingerprint density at radius 3 is 2.52 bits per heavy atom. The first-order valence-electron chi connectivity index (χ1n) is 8.91. The maximum absolute atomic E-state index is 12.8.